The van der Waals surface area contributed by atoms with E-state index in [1.54, 1.807) is 0 Å². The Morgan fingerprint density at radius 2 is 0.794 bits per heavy atom. The van der Waals surface area contributed by atoms with Gasteiger partial charge in [-0.05, 0) is 36.4 Å². The molecule has 0 spiro atoms. The molecular weight excluding hydrogens is 496 g/mol. The van der Waals surface area contributed by atoms with E-state index in [4.69, 9.17) is 0 Å². The van der Waals surface area contributed by atoms with E-state index in [-0.39, 0.29) is 18.2 Å². The standard InChI is InChI=1S/C20H8F12N2/c21-17(22,23)9-1-3-33-15(5-9)11-7-12(16-6-10(2-4-34-16)18(24,25)26)14(20(30,31)32)8-13(11)19(27,28)29/h1-8H. The molecule has 0 aliphatic rings. The van der Waals surface area contributed by atoms with Gasteiger partial charge in [-0.15, -0.1) is 0 Å². The zero-order valence-corrected chi connectivity index (χ0v) is 16.0. The Bertz CT molecular complexity index is 1110. The van der Waals surface area contributed by atoms with Gasteiger partial charge in [-0.3, -0.25) is 9.97 Å². The van der Waals surface area contributed by atoms with Crippen molar-refractivity contribution >= 4 is 0 Å². The van der Waals surface area contributed by atoms with Gasteiger partial charge in [-0.1, -0.05) is 0 Å². The van der Waals surface area contributed by atoms with Gasteiger partial charge in [-0.25, -0.2) is 0 Å². The van der Waals surface area contributed by atoms with Crippen LogP contribution in [0.15, 0.2) is 48.8 Å². The molecule has 3 rings (SSSR count). The van der Waals surface area contributed by atoms with E-state index >= 15 is 0 Å². The quantitative estimate of drug-likeness (QED) is 0.332. The Morgan fingerprint density at radius 3 is 1.09 bits per heavy atom. The molecule has 14 heteroatoms. The minimum atomic E-state index is -5.48. The van der Waals surface area contributed by atoms with Crippen molar-refractivity contribution in [1.29, 1.82) is 0 Å². The van der Waals surface area contributed by atoms with Crippen LogP contribution in [0, 0.1) is 0 Å². The molecule has 0 unspecified atom stereocenters. The lowest BCUT2D eigenvalue weighted by Crippen LogP contribution is -2.15. The number of rotatable bonds is 2. The second-order valence-electron chi connectivity index (χ2n) is 6.79. The van der Waals surface area contributed by atoms with E-state index in [2.05, 4.69) is 9.97 Å². The van der Waals surface area contributed by atoms with E-state index in [1.807, 2.05) is 0 Å². The van der Waals surface area contributed by atoms with E-state index in [0.29, 0.717) is 24.5 Å². The normalized spacial score (nSPS) is 13.3. The van der Waals surface area contributed by atoms with Crippen LogP contribution in [0.1, 0.15) is 22.3 Å². The van der Waals surface area contributed by atoms with Crippen LogP contribution in [0.5, 0.6) is 0 Å². The summed E-state index contributed by atoms with van der Waals surface area (Å²) in [6.45, 7) is 0. The third-order valence-electron chi connectivity index (χ3n) is 4.49. The third kappa shape index (κ3) is 5.25. The summed E-state index contributed by atoms with van der Waals surface area (Å²) in [6, 6.07) is 1.000. The summed E-state index contributed by atoms with van der Waals surface area (Å²) in [7, 11) is 0. The van der Waals surface area contributed by atoms with Crippen molar-refractivity contribution in [3.63, 3.8) is 0 Å². The van der Waals surface area contributed by atoms with Crippen molar-refractivity contribution in [3.8, 4) is 22.5 Å². The van der Waals surface area contributed by atoms with Crippen molar-refractivity contribution in [2.75, 3.05) is 0 Å². The first-order valence-corrected chi connectivity index (χ1v) is 8.78. The largest absolute Gasteiger partial charge is 0.417 e. The number of benzene rings is 1. The lowest BCUT2D eigenvalue weighted by Gasteiger charge is -2.20. The molecule has 0 fully saturated rings. The van der Waals surface area contributed by atoms with Gasteiger partial charge >= 0.3 is 24.7 Å². The fraction of sp³-hybridized carbons (Fsp3) is 0.200. The Labute approximate surface area is 181 Å². The van der Waals surface area contributed by atoms with Gasteiger partial charge in [0.05, 0.1) is 33.6 Å². The molecule has 0 N–H and O–H groups in total. The number of alkyl halides is 12. The highest BCUT2D eigenvalue weighted by Crippen LogP contribution is 2.46. The van der Waals surface area contributed by atoms with Crippen molar-refractivity contribution < 1.29 is 52.7 Å². The zero-order chi connectivity index (χ0) is 25.7. The molecule has 0 saturated carbocycles. The second kappa shape index (κ2) is 8.17. The SMILES string of the molecule is FC(F)(F)c1ccnc(-c2cc(-c3cc(C(F)(F)F)ccn3)c(C(F)(F)F)cc2C(F)(F)F)c1. The Kier molecular flexibility index (Phi) is 6.08. The molecule has 1 aromatic carbocycles. The molecule has 34 heavy (non-hydrogen) atoms. The smallest absolute Gasteiger partial charge is 0.256 e. The molecule has 182 valence electrons. The van der Waals surface area contributed by atoms with Crippen LogP contribution >= 0.6 is 0 Å². The average molecular weight is 504 g/mol. The predicted octanol–water partition coefficient (Wildman–Crippen LogP) is 7.89. The highest BCUT2D eigenvalue weighted by molar-refractivity contribution is 5.76. The van der Waals surface area contributed by atoms with Crippen molar-refractivity contribution in [2.24, 2.45) is 0 Å². The average Bonchev–Trinajstić information content (AvgIpc) is 2.70. The van der Waals surface area contributed by atoms with Crippen molar-refractivity contribution in [1.82, 2.24) is 9.97 Å². The number of aromatic nitrogens is 2. The first-order valence-electron chi connectivity index (χ1n) is 8.78. The molecule has 0 atom stereocenters. The van der Waals surface area contributed by atoms with Crippen molar-refractivity contribution in [2.45, 2.75) is 24.7 Å². The molecule has 0 radical (unpaired) electrons. The summed E-state index contributed by atoms with van der Waals surface area (Å²) in [5, 5.41) is 0. The highest BCUT2D eigenvalue weighted by Gasteiger charge is 2.42. The Morgan fingerprint density at radius 1 is 0.441 bits per heavy atom. The highest BCUT2D eigenvalue weighted by atomic mass is 19.4. The fourth-order valence-electron chi connectivity index (χ4n) is 3.00. The van der Waals surface area contributed by atoms with Crippen LogP contribution in [-0.2, 0) is 24.7 Å². The summed E-state index contributed by atoms with van der Waals surface area (Å²) in [6.07, 6.45) is -20.0. The van der Waals surface area contributed by atoms with Crippen LogP contribution in [-0.4, -0.2) is 9.97 Å². The zero-order valence-electron chi connectivity index (χ0n) is 16.0. The maximum absolute atomic E-state index is 13.6. The molecule has 0 saturated heterocycles. The van der Waals surface area contributed by atoms with Gasteiger partial charge in [0, 0.05) is 23.5 Å². The maximum Gasteiger partial charge on any atom is 0.417 e. The summed E-state index contributed by atoms with van der Waals surface area (Å²) >= 11 is 0. The number of hydrogen-bond donors (Lipinski definition) is 0. The fourth-order valence-corrected chi connectivity index (χ4v) is 3.00. The monoisotopic (exact) mass is 504 g/mol. The van der Waals surface area contributed by atoms with Gasteiger partial charge < -0.3 is 0 Å². The molecule has 2 aromatic heterocycles. The first-order chi connectivity index (χ1) is 15.4. The lowest BCUT2D eigenvalue weighted by molar-refractivity contribution is -0.142. The van der Waals surface area contributed by atoms with Gasteiger partial charge in [0.15, 0.2) is 0 Å². The van der Waals surface area contributed by atoms with Crippen LogP contribution in [0.4, 0.5) is 52.7 Å². The number of nitrogens with zero attached hydrogens (tertiary/aromatic N) is 2. The second-order valence-corrected chi connectivity index (χ2v) is 6.79. The molecule has 0 amide bonds. The number of hydrogen-bond acceptors (Lipinski definition) is 2. The van der Waals surface area contributed by atoms with E-state index in [9.17, 15) is 52.7 Å². The lowest BCUT2D eigenvalue weighted by atomic mass is 9.92. The molecule has 2 heterocycles. The summed E-state index contributed by atoms with van der Waals surface area (Å²) in [5.41, 5.74) is -11.3. The van der Waals surface area contributed by atoms with Gasteiger partial charge in [0.1, 0.15) is 0 Å². The molecule has 0 aliphatic heterocycles. The van der Waals surface area contributed by atoms with Crippen LogP contribution in [0.3, 0.4) is 0 Å². The molecule has 0 aliphatic carbocycles. The third-order valence-corrected chi connectivity index (χ3v) is 4.49. The minimum Gasteiger partial charge on any atom is -0.256 e. The minimum absolute atomic E-state index is 0.177. The van der Waals surface area contributed by atoms with Crippen LogP contribution in [0.2, 0.25) is 0 Å². The Hall–Kier alpha value is -3.32. The molecule has 0 bridgehead atoms. The van der Waals surface area contributed by atoms with Gasteiger partial charge in [0.2, 0.25) is 0 Å². The predicted molar refractivity (Wildman–Crippen MR) is 92.9 cm³/mol. The summed E-state index contributed by atoms with van der Waals surface area (Å²) < 4.78 is 160. The van der Waals surface area contributed by atoms with E-state index in [0.717, 1.165) is 0 Å². The number of halogens is 12. The summed E-state index contributed by atoms with van der Waals surface area (Å²) in [5.74, 6) is 0. The first kappa shape index (κ1) is 25.3. The van der Waals surface area contributed by atoms with E-state index in [1.165, 1.54) is 0 Å². The topological polar surface area (TPSA) is 25.8 Å². The van der Waals surface area contributed by atoms with Crippen molar-refractivity contribution in [3.05, 3.63) is 71.0 Å². The van der Waals surface area contributed by atoms with Crippen LogP contribution < -0.4 is 0 Å². The van der Waals surface area contributed by atoms with E-state index < -0.39 is 75.5 Å². The summed E-state index contributed by atoms with van der Waals surface area (Å²) in [4.78, 5) is 6.80. The number of pyridine rings is 2. The van der Waals surface area contributed by atoms with Crippen LogP contribution in [0.25, 0.3) is 22.5 Å². The van der Waals surface area contributed by atoms with Gasteiger partial charge in [0.25, 0.3) is 0 Å². The molecule has 2 nitrogen and oxygen atoms in total. The maximum atomic E-state index is 13.6. The molecular formula is C20H8F12N2. The molecule has 3 aromatic rings. The Balaban J connectivity index is 2.40. The van der Waals surface area contributed by atoms with Gasteiger partial charge in [-0.2, -0.15) is 52.7 Å².